The van der Waals surface area contributed by atoms with E-state index in [1.54, 1.807) is 18.2 Å². The monoisotopic (exact) mass is 486 g/mol. The molecule has 7 nitrogen and oxygen atoms in total. The van der Waals surface area contributed by atoms with Crippen LogP contribution < -0.4 is 4.74 Å². The molecule has 0 radical (unpaired) electrons. The fraction of sp³-hybridized carbons (Fsp3) is 0.250. The van der Waals surface area contributed by atoms with Gasteiger partial charge in [0, 0.05) is 10.6 Å². The van der Waals surface area contributed by atoms with Crippen molar-refractivity contribution < 1.29 is 23.9 Å². The lowest BCUT2D eigenvalue weighted by Gasteiger charge is -2.30. The van der Waals surface area contributed by atoms with E-state index in [1.807, 2.05) is 12.2 Å². The number of nitrogens with zero attached hydrogens (tertiary/aromatic N) is 2. The van der Waals surface area contributed by atoms with Gasteiger partial charge in [-0.2, -0.15) is 5.01 Å². The van der Waals surface area contributed by atoms with E-state index in [0.717, 1.165) is 10.0 Å². The molecule has 2 aliphatic rings. The summed E-state index contributed by atoms with van der Waals surface area (Å²) >= 11 is 12.2. The van der Waals surface area contributed by atoms with Crippen LogP contribution >= 0.6 is 23.2 Å². The van der Waals surface area contributed by atoms with Gasteiger partial charge in [-0.3, -0.25) is 19.2 Å². The maximum Gasteiger partial charge on any atom is 0.274 e. The number of hydrogen-bond acceptors (Lipinski definition) is 5. The largest absolute Gasteiger partial charge is 0.497 e. The van der Waals surface area contributed by atoms with Gasteiger partial charge in [-0.15, -0.1) is 0 Å². The molecule has 33 heavy (non-hydrogen) atoms. The van der Waals surface area contributed by atoms with Crippen LogP contribution in [0.3, 0.4) is 0 Å². The lowest BCUT2D eigenvalue weighted by molar-refractivity contribution is -0.154. The molecule has 1 aliphatic carbocycles. The second-order valence-electron chi connectivity index (χ2n) is 7.79. The molecule has 170 valence electrons. The molecule has 1 saturated heterocycles. The number of halogens is 2. The van der Waals surface area contributed by atoms with Gasteiger partial charge in [0.25, 0.3) is 17.7 Å². The number of hydrogen-bond donors (Lipinski definition) is 0. The van der Waals surface area contributed by atoms with Crippen LogP contribution in [-0.4, -0.2) is 47.2 Å². The Balaban J connectivity index is 1.72. The smallest absolute Gasteiger partial charge is 0.274 e. The predicted molar refractivity (Wildman–Crippen MR) is 122 cm³/mol. The van der Waals surface area contributed by atoms with Crippen LogP contribution in [0.4, 0.5) is 0 Å². The van der Waals surface area contributed by atoms with E-state index in [0.29, 0.717) is 23.6 Å². The SMILES string of the molecule is COc1cccc(C(=O)CN(C(=O)c2ccc(Cl)cc2Cl)N2C(=O)[C@@H]3CC=CC[C@H]3C2=O)c1. The molecule has 9 heteroatoms. The number of fused-ring (bicyclic) bond motifs is 1. The summed E-state index contributed by atoms with van der Waals surface area (Å²) in [4.78, 5) is 53.0. The van der Waals surface area contributed by atoms with Gasteiger partial charge < -0.3 is 4.74 Å². The number of rotatable bonds is 6. The minimum atomic E-state index is -0.749. The third-order valence-electron chi connectivity index (χ3n) is 5.81. The zero-order chi connectivity index (χ0) is 23.7. The molecule has 0 aromatic heterocycles. The third-order valence-corrected chi connectivity index (χ3v) is 6.35. The molecule has 0 unspecified atom stereocenters. The van der Waals surface area contributed by atoms with Crippen molar-refractivity contribution in [3.05, 3.63) is 75.8 Å². The van der Waals surface area contributed by atoms with Gasteiger partial charge >= 0.3 is 0 Å². The van der Waals surface area contributed by atoms with E-state index in [-0.39, 0.29) is 16.1 Å². The van der Waals surface area contributed by atoms with Gasteiger partial charge in [0.1, 0.15) is 12.3 Å². The zero-order valence-electron chi connectivity index (χ0n) is 17.7. The summed E-state index contributed by atoms with van der Waals surface area (Å²) in [6.45, 7) is -0.532. The summed E-state index contributed by atoms with van der Waals surface area (Å²) in [5.41, 5.74) is 0.292. The average Bonchev–Trinajstić information content (AvgIpc) is 3.07. The number of methoxy groups -OCH3 is 1. The molecule has 2 aromatic rings. The first-order valence-corrected chi connectivity index (χ1v) is 11.0. The van der Waals surface area contributed by atoms with E-state index < -0.39 is 41.9 Å². The van der Waals surface area contributed by atoms with Gasteiger partial charge in [-0.05, 0) is 43.2 Å². The number of ether oxygens (including phenoxy) is 1. The molecule has 1 fully saturated rings. The number of allylic oxidation sites excluding steroid dienone is 2. The van der Waals surface area contributed by atoms with Crippen molar-refractivity contribution in [3.63, 3.8) is 0 Å². The molecule has 2 atom stereocenters. The van der Waals surface area contributed by atoms with Crippen LogP contribution in [0.15, 0.2) is 54.6 Å². The van der Waals surface area contributed by atoms with Crippen molar-refractivity contribution in [2.75, 3.05) is 13.7 Å². The van der Waals surface area contributed by atoms with E-state index in [9.17, 15) is 19.2 Å². The van der Waals surface area contributed by atoms with Gasteiger partial charge in [0.05, 0.1) is 29.5 Å². The molecule has 1 aliphatic heterocycles. The van der Waals surface area contributed by atoms with Crippen LogP contribution in [0.2, 0.25) is 10.0 Å². The molecule has 4 rings (SSSR count). The molecule has 2 aromatic carbocycles. The second-order valence-corrected chi connectivity index (χ2v) is 8.63. The first-order valence-electron chi connectivity index (χ1n) is 10.3. The Morgan fingerprint density at radius 1 is 1.03 bits per heavy atom. The highest BCUT2D eigenvalue weighted by atomic mass is 35.5. The number of imide groups is 1. The summed E-state index contributed by atoms with van der Waals surface area (Å²) in [6, 6.07) is 10.7. The molecule has 0 N–H and O–H groups in total. The number of hydrazine groups is 1. The Morgan fingerprint density at radius 2 is 1.70 bits per heavy atom. The van der Waals surface area contributed by atoms with Gasteiger partial charge in [-0.1, -0.05) is 47.5 Å². The number of amides is 3. The first kappa shape index (κ1) is 23.0. The number of carbonyl (C=O) groups is 4. The van der Waals surface area contributed by atoms with Crippen molar-refractivity contribution in [1.82, 2.24) is 10.0 Å². The Bertz CT molecular complexity index is 1150. The van der Waals surface area contributed by atoms with E-state index in [2.05, 4.69) is 0 Å². The van der Waals surface area contributed by atoms with Crippen molar-refractivity contribution in [3.8, 4) is 5.75 Å². The van der Waals surface area contributed by atoms with E-state index in [1.165, 1.54) is 31.4 Å². The third kappa shape index (κ3) is 4.38. The number of Topliss-reactive ketones (excluding diaryl/α,β-unsaturated/α-hetero) is 1. The van der Waals surface area contributed by atoms with E-state index in [4.69, 9.17) is 27.9 Å². The molecule has 3 amide bonds. The van der Waals surface area contributed by atoms with Crippen LogP contribution in [0.25, 0.3) is 0 Å². The van der Waals surface area contributed by atoms with Crippen molar-refractivity contribution in [1.29, 1.82) is 0 Å². The Kier molecular flexibility index (Phi) is 6.54. The Hall–Kier alpha value is -3.16. The standard InChI is InChI=1S/C24H20Cl2N2O5/c1-33-16-6-4-5-14(11-16)21(29)13-27(22(30)19-10-9-15(25)12-20(19)26)28-23(31)17-7-2-3-8-18(17)24(28)32/h2-6,9-12,17-18H,7-8,13H2,1H3/t17-,18-/m1/s1. The molecular weight excluding hydrogens is 467 g/mol. The predicted octanol–water partition coefficient (Wildman–Crippen LogP) is 4.19. The van der Waals surface area contributed by atoms with Crippen molar-refractivity contribution >= 4 is 46.7 Å². The minimum absolute atomic E-state index is 0.0214. The summed E-state index contributed by atoms with van der Waals surface area (Å²) in [6.07, 6.45) is 4.50. The van der Waals surface area contributed by atoms with Gasteiger partial charge in [0.15, 0.2) is 5.78 Å². The fourth-order valence-corrected chi connectivity index (χ4v) is 4.57. The average molecular weight is 487 g/mol. The summed E-state index contributed by atoms with van der Waals surface area (Å²) in [7, 11) is 1.47. The first-order chi connectivity index (χ1) is 15.8. The normalized spacial score (nSPS) is 19.4. The Morgan fingerprint density at radius 3 is 2.30 bits per heavy atom. The van der Waals surface area contributed by atoms with Crippen LogP contribution in [0.1, 0.15) is 33.6 Å². The van der Waals surface area contributed by atoms with Crippen LogP contribution in [0, 0.1) is 11.8 Å². The lowest BCUT2D eigenvalue weighted by Crippen LogP contribution is -2.52. The number of carbonyl (C=O) groups excluding carboxylic acids is 4. The topological polar surface area (TPSA) is 84.0 Å². The summed E-state index contributed by atoms with van der Waals surface area (Å²) in [5, 5.41) is 2.07. The quantitative estimate of drug-likeness (QED) is 0.347. The maximum atomic E-state index is 13.5. The highest BCUT2D eigenvalue weighted by molar-refractivity contribution is 6.36. The van der Waals surface area contributed by atoms with Crippen LogP contribution in [0.5, 0.6) is 5.75 Å². The molecule has 0 bridgehead atoms. The highest BCUT2D eigenvalue weighted by Crippen LogP contribution is 2.36. The minimum Gasteiger partial charge on any atom is -0.497 e. The van der Waals surface area contributed by atoms with Gasteiger partial charge in [-0.25, -0.2) is 5.01 Å². The fourth-order valence-electron chi connectivity index (χ4n) is 4.08. The number of benzene rings is 2. The summed E-state index contributed by atoms with van der Waals surface area (Å²) < 4.78 is 5.16. The maximum absolute atomic E-state index is 13.5. The highest BCUT2D eigenvalue weighted by Gasteiger charge is 2.51. The van der Waals surface area contributed by atoms with E-state index >= 15 is 0 Å². The molecule has 1 heterocycles. The molecule has 0 spiro atoms. The molecule has 0 saturated carbocycles. The summed E-state index contributed by atoms with van der Waals surface area (Å²) in [5.74, 6) is -2.90. The van der Waals surface area contributed by atoms with Crippen LogP contribution in [-0.2, 0) is 9.59 Å². The van der Waals surface area contributed by atoms with Gasteiger partial charge in [0.2, 0.25) is 0 Å². The second kappa shape index (κ2) is 9.37. The molecular formula is C24H20Cl2N2O5. The zero-order valence-corrected chi connectivity index (χ0v) is 19.2. The number of ketones is 1. The lowest BCUT2D eigenvalue weighted by atomic mass is 9.85. The van der Waals surface area contributed by atoms with Crippen molar-refractivity contribution in [2.24, 2.45) is 11.8 Å². The van der Waals surface area contributed by atoms with Crippen molar-refractivity contribution in [2.45, 2.75) is 12.8 Å². The Labute approximate surface area is 200 Å².